The SMILES string of the molecule is C=CCC(NCC)c1ccc2c(c1)OCCO2. The van der Waals surface area contributed by atoms with E-state index in [0.717, 1.165) is 24.5 Å². The molecule has 0 aromatic heterocycles. The summed E-state index contributed by atoms with van der Waals surface area (Å²) in [5.74, 6) is 1.69. The van der Waals surface area contributed by atoms with Crippen molar-refractivity contribution in [3.05, 3.63) is 36.4 Å². The number of rotatable bonds is 5. The highest BCUT2D eigenvalue weighted by Crippen LogP contribution is 2.33. The van der Waals surface area contributed by atoms with Crippen LogP contribution in [0.4, 0.5) is 0 Å². The van der Waals surface area contributed by atoms with Crippen molar-refractivity contribution < 1.29 is 9.47 Å². The summed E-state index contributed by atoms with van der Waals surface area (Å²) in [6.07, 6.45) is 2.84. The van der Waals surface area contributed by atoms with Crippen LogP contribution in [0.15, 0.2) is 30.9 Å². The zero-order valence-corrected chi connectivity index (χ0v) is 10.2. The highest BCUT2D eigenvalue weighted by Gasteiger charge is 2.15. The Bertz CT molecular complexity index is 390. The van der Waals surface area contributed by atoms with Gasteiger partial charge in [-0.3, -0.25) is 0 Å². The molecule has 1 heterocycles. The standard InChI is InChI=1S/C14H19NO2/c1-3-5-12(15-4-2)11-6-7-13-14(10-11)17-9-8-16-13/h3,6-7,10,12,15H,1,4-5,8-9H2,2H3. The van der Waals surface area contributed by atoms with E-state index in [0.29, 0.717) is 19.3 Å². The molecular formula is C14H19NO2. The van der Waals surface area contributed by atoms with Crippen LogP contribution in [0.1, 0.15) is 24.9 Å². The van der Waals surface area contributed by atoms with Gasteiger partial charge in [-0.2, -0.15) is 0 Å². The van der Waals surface area contributed by atoms with Crippen LogP contribution in [0, 0.1) is 0 Å². The monoisotopic (exact) mass is 233 g/mol. The minimum Gasteiger partial charge on any atom is -0.486 e. The third kappa shape index (κ3) is 2.80. The second-order valence-electron chi connectivity index (χ2n) is 4.04. The summed E-state index contributed by atoms with van der Waals surface area (Å²) in [7, 11) is 0. The molecule has 1 unspecified atom stereocenters. The quantitative estimate of drug-likeness (QED) is 0.793. The molecular weight excluding hydrogens is 214 g/mol. The Kier molecular flexibility index (Phi) is 4.04. The molecule has 3 nitrogen and oxygen atoms in total. The first kappa shape index (κ1) is 12.0. The van der Waals surface area contributed by atoms with E-state index in [-0.39, 0.29) is 0 Å². The summed E-state index contributed by atoms with van der Waals surface area (Å²) in [5.41, 5.74) is 1.22. The van der Waals surface area contributed by atoms with Crippen LogP contribution in [0.5, 0.6) is 11.5 Å². The van der Waals surface area contributed by atoms with Gasteiger partial charge in [-0.25, -0.2) is 0 Å². The molecule has 0 bridgehead atoms. The number of ether oxygens (including phenoxy) is 2. The van der Waals surface area contributed by atoms with Gasteiger partial charge in [0.05, 0.1) is 0 Å². The Morgan fingerprint density at radius 2 is 2.12 bits per heavy atom. The number of hydrogen-bond donors (Lipinski definition) is 1. The Balaban J connectivity index is 2.21. The predicted molar refractivity (Wildman–Crippen MR) is 68.7 cm³/mol. The molecule has 2 rings (SSSR count). The van der Waals surface area contributed by atoms with E-state index in [4.69, 9.17) is 9.47 Å². The van der Waals surface area contributed by atoms with Crippen LogP contribution in [0.25, 0.3) is 0 Å². The summed E-state index contributed by atoms with van der Waals surface area (Å²) < 4.78 is 11.1. The van der Waals surface area contributed by atoms with E-state index in [1.54, 1.807) is 0 Å². The lowest BCUT2D eigenvalue weighted by Crippen LogP contribution is -2.21. The lowest BCUT2D eigenvalue weighted by molar-refractivity contribution is 0.171. The molecule has 92 valence electrons. The van der Waals surface area contributed by atoms with Crippen molar-refractivity contribution in [2.75, 3.05) is 19.8 Å². The Morgan fingerprint density at radius 1 is 1.35 bits per heavy atom. The van der Waals surface area contributed by atoms with Crippen LogP contribution in [-0.4, -0.2) is 19.8 Å². The average molecular weight is 233 g/mol. The largest absolute Gasteiger partial charge is 0.486 e. The normalized spacial score (nSPS) is 15.4. The van der Waals surface area contributed by atoms with Crippen LogP contribution < -0.4 is 14.8 Å². The Hall–Kier alpha value is -1.48. The molecule has 0 amide bonds. The minimum absolute atomic E-state index is 0.299. The van der Waals surface area contributed by atoms with Crippen LogP contribution >= 0.6 is 0 Å². The summed E-state index contributed by atoms with van der Waals surface area (Å²) >= 11 is 0. The summed E-state index contributed by atoms with van der Waals surface area (Å²) in [6.45, 7) is 8.11. The molecule has 0 saturated heterocycles. The highest BCUT2D eigenvalue weighted by atomic mass is 16.6. The molecule has 0 radical (unpaired) electrons. The number of benzene rings is 1. The molecule has 1 aliphatic heterocycles. The van der Waals surface area contributed by atoms with Crippen molar-refractivity contribution >= 4 is 0 Å². The number of hydrogen-bond acceptors (Lipinski definition) is 3. The molecule has 0 spiro atoms. The molecule has 3 heteroatoms. The molecule has 1 aliphatic rings. The molecule has 1 aromatic rings. The fourth-order valence-corrected chi connectivity index (χ4v) is 2.03. The maximum atomic E-state index is 5.59. The molecule has 1 N–H and O–H groups in total. The van der Waals surface area contributed by atoms with E-state index in [1.165, 1.54) is 5.56 Å². The maximum Gasteiger partial charge on any atom is 0.161 e. The fourth-order valence-electron chi connectivity index (χ4n) is 2.03. The average Bonchev–Trinajstić information content (AvgIpc) is 2.38. The molecule has 1 atom stereocenters. The van der Waals surface area contributed by atoms with E-state index in [1.807, 2.05) is 12.1 Å². The van der Waals surface area contributed by atoms with E-state index in [2.05, 4.69) is 31.0 Å². The van der Waals surface area contributed by atoms with Gasteiger partial charge in [0.1, 0.15) is 13.2 Å². The zero-order chi connectivity index (χ0) is 12.1. The fraction of sp³-hybridized carbons (Fsp3) is 0.429. The van der Waals surface area contributed by atoms with Crippen molar-refractivity contribution in [1.29, 1.82) is 0 Å². The van der Waals surface area contributed by atoms with Crippen LogP contribution in [-0.2, 0) is 0 Å². The van der Waals surface area contributed by atoms with Crippen LogP contribution in [0.2, 0.25) is 0 Å². The first-order valence-electron chi connectivity index (χ1n) is 6.09. The summed E-state index contributed by atoms with van der Waals surface area (Å²) in [6, 6.07) is 6.43. The Morgan fingerprint density at radius 3 is 2.82 bits per heavy atom. The van der Waals surface area contributed by atoms with Crippen molar-refractivity contribution in [3.8, 4) is 11.5 Å². The van der Waals surface area contributed by atoms with Gasteiger partial charge < -0.3 is 14.8 Å². The topological polar surface area (TPSA) is 30.5 Å². The smallest absolute Gasteiger partial charge is 0.161 e. The zero-order valence-electron chi connectivity index (χ0n) is 10.2. The van der Waals surface area contributed by atoms with Gasteiger partial charge in [-0.05, 0) is 30.7 Å². The third-order valence-electron chi connectivity index (χ3n) is 2.82. The van der Waals surface area contributed by atoms with Gasteiger partial charge >= 0.3 is 0 Å². The van der Waals surface area contributed by atoms with Gasteiger partial charge in [0.2, 0.25) is 0 Å². The molecule has 1 aromatic carbocycles. The molecule has 0 aliphatic carbocycles. The van der Waals surface area contributed by atoms with E-state index < -0.39 is 0 Å². The molecule has 17 heavy (non-hydrogen) atoms. The lowest BCUT2D eigenvalue weighted by Gasteiger charge is -2.22. The van der Waals surface area contributed by atoms with Crippen molar-refractivity contribution in [1.82, 2.24) is 5.32 Å². The van der Waals surface area contributed by atoms with E-state index in [9.17, 15) is 0 Å². The first-order chi connectivity index (χ1) is 8.35. The van der Waals surface area contributed by atoms with Gasteiger partial charge in [-0.1, -0.05) is 19.1 Å². The number of fused-ring (bicyclic) bond motifs is 1. The predicted octanol–water partition coefficient (Wildman–Crippen LogP) is 2.68. The van der Waals surface area contributed by atoms with Crippen molar-refractivity contribution in [2.45, 2.75) is 19.4 Å². The van der Waals surface area contributed by atoms with E-state index >= 15 is 0 Å². The second kappa shape index (κ2) is 5.73. The Labute approximate surface area is 102 Å². The molecule has 0 saturated carbocycles. The highest BCUT2D eigenvalue weighted by molar-refractivity contribution is 5.44. The second-order valence-corrected chi connectivity index (χ2v) is 4.04. The van der Waals surface area contributed by atoms with Gasteiger partial charge in [0, 0.05) is 6.04 Å². The first-order valence-corrected chi connectivity index (χ1v) is 6.09. The minimum atomic E-state index is 0.299. The maximum absolute atomic E-state index is 5.59. The van der Waals surface area contributed by atoms with Gasteiger partial charge in [0.15, 0.2) is 11.5 Å². The summed E-state index contributed by atoms with van der Waals surface area (Å²) in [4.78, 5) is 0. The van der Waals surface area contributed by atoms with Crippen molar-refractivity contribution in [3.63, 3.8) is 0 Å². The molecule has 0 fully saturated rings. The third-order valence-corrected chi connectivity index (χ3v) is 2.82. The van der Waals surface area contributed by atoms with Crippen molar-refractivity contribution in [2.24, 2.45) is 0 Å². The van der Waals surface area contributed by atoms with Gasteiger partial charge in [-0.15, -0.1) is 6.58 Å². The van der Waals surface area contributed by atoms with Gasteiger partial charge in [0.25, 0.3) is 0 Å². The number of nitrogens with one attached hydrogen (secondary N) is 1. The lowest BCUT2D eigenvalue weighted by atomic mass is 10.0. The summed E-state index contributed by atoms with van der Waals surface area (Å²) in [5, 5.41) is 3.44. The van der Waals surface area contributed by atoms with Crippen LogP contribution in [0.3, 0.4) is 0 Å².